The number of nitrogens with zero attached hydrogens (tertiary/aromatic N) is 1. The molecule has 0 bridgehead atoms. The Bertz CT molecular complexity index is 751. The molecule has 1 amide bonds. The summed E-state index contributed by atoms with van der Waals surface area (Å²) < 4.78 is 6.50. The van der Waals surface area contributed by atoms with Gasteiger partial charge in [-0.25, -0.2) is 0 Å². The van der Waals surface area contributed by atoms with Gasteiger partial charge in [-0.05, 0) is 36.2 Å². The molecule has 1 aliphatic heterocycles. The highest BCUT2D eigenvalue weighted by atomic mass is 79.9. The molecule has 0 saturated carbocycles. The Balaban J connectivity index is 1.61. The molecule has 0 radical (unpaired) electrons. The number of benzene rings is 2. The number of hydrogen-bond donors (Lipinski definition) is 1. The molecule has 0 aliphatic carbocycles. The average Bonchev–Trinajstić information content (AvgIpc) is 2.68. The predicted molar refractivity (Wildman–Crippen MR) is 114 cm³/mol. The largest absolute Gasteiger partial charge is 0.379 e. The fraction of sp³-hybridized carbons (Fsp3) is 0.381. The average molecular weight is 449 g/mol. The molecule has 1 saturated heterocycles. The maximum atomic E-state index is 12.6. The van der Waals surface area contributed by atoms with Crippen LogP contribution in [0.2, 0.25) is 0 Å². The monoisotopic (exact) mass is 448 g/mol. The van der Waals surface area contributed by atoms with E-state index in [-0.39, 0.29) is 11.9 Å². The van der Waals surface area contributed by atoms with Gasteiger partial charge in [-0.1, -0.05) is 46.3 Å². The zero-order chi connectivity index (χ0) is 19.1. The molecule has 1 unspecified atom stereocenters. The van der Waals surface area contributed by atoms with E-state index in [0.717, 1.165) is 47.8 Å². The molecule has 1 atom stereocenters. The lowest BCUT2D eigenvalue weighted by Crippen LogP contribution is -2.43. The van der Waals surface area contributed by atoms with E-state index >= 15 is 0 Å². The van der Waals surface area contributed by atoms with E-state index in [0.29, 0.717) is 5.75 Å². The van der Waals surface area contributed by atoms with Crippen molar-refractivity contribution in [3.63, 3.8) is 0 Å². The van der Waals surface area contributed by atoms with Crippen LogP contribution in [0.25, 0.3) is 0 Å². The van der Waals surface area contributed by atoms with Crippen LogP contribution in [0.3, 0.4) is 0 Å². The van der Waals surface area contributed by atoms with E-state index in [1.165, 1.54) is 5.56 Å². The second-order valence-electron chi connectivity index (χ2n) is 6.64. The van der Waals surface area contributed by atoms with Crippen LogP contribution in [-0.4, -0.2) is 49.4 Å². The van der Waals surface area contributed by atoms with Crippen molar-refractivity contribution in [2.24, 2.45) is 0 Å². The first-order chi connectivity index (χ1) is 13.1. The number of halogens is 1. The van der Waals surface area contributed by atoms with Crippen LogP contribution in [-0.2, 0) is 9.53 Å². The fourth-order valence-electron chi connectivity index (χ4n) is 3.12. The van der Waals surface area contributed by atoms with Crippen molar-refractivity contribution in [3.8, 4) is 0 Å². The number of amides is 1. The zero-order valence-corrected chi connectivity index (χ0v) is 17.9. The smallest absolute Gasteiger partial charge is 0.230 e. The summed E-state index contributed by atoms with van der Waals surface area (Å²) in [6.45, 7) is 6.21. The number of carbonyl (C=O) groups is 1. The molecule has 1 heterocycles. The number of carbonyl (C=O) groups excluding carboxylic acids is 1. The molecule has 27 heavy (non-hydrogen) atoms. The standard InChI is InChI=1S/C21H25BrN2O2S/c1-16-13-18(22)7-8-20(16)27-15-21(25)23-19(17-5-3-2-4-6-17)14-24-9-11-26-12-10-24/h2-8,13,19H,9-12,14-15H2,1H3,(H,23,25). The van der Waals surface area contributed by atoms with Gasteiger partial charge >= 0.3 is 0 Å². The quantitative estimate of drug-likeness (QED) is 0.648. The van der Waals surface area contributed by atoms with E-state index in [4.69, 9.17) is 4.74 Å². The van der Waals surface area contributed by atoms with Gasteiger partial charge in [0.05, 0.1) is 25.0 Å². The van der Waals surface area contributed by atoms with E-state index in [1.807, 2.05) is 24.3 Å². The van der Waals surface area contributed by atoms with Crippen molar-refractivity contribution >= 4 is 33.6 Å². The molecule has 144 valence electrons. The second-order valence-corrected chi connectivity index (χ2v) is 8.58. The maximum absolute atomic E-state index is 12.6. The van der Waals surface area contributed by atoms with Gasteiger partial charge in [0.1, 0.15) is 0 Å². The number of rotatable bonds is 7. The van der Waals surface area contributed by atoms with Crippen molar-refractivity contribution < 1.29 is 9.53 Å². The third-order valence-electron chi connectivity index (χ3n) is 4.58. The van der Waals surface area contributed by atoms with Crippen LogP contribution >= 0.6 is 27.7 Å². The van der Waals surface area contributed by atoms with Crippen LogP contribution < -0.4 is 5.32 Å². The zero-order valence-electron chi connectivity index (χ0n) is 15.5. The Morgan fingerprint density at radius 2 is 1.96 bits per heavy atom. The van der Waals surface area contributed by atoms with E-state index in [9.17, 15) is 4.79 Å². The molecule has 1 N–H and O–H groups in total. The van der Waals surface area contributed by atoms with Gasteiger partial charge in [0.25, 0.3) is 0 Å². The molecule has 1 aliphatic rings. The number of hydrogen-bond acceptors (Lipinski definition) is 4. The number of ether oxygens (including phenoxy) is 1. The number of nitrogens with one attached hydrogen (secondary N) is 1. The summed E-state index contributed by atoms with van der Waals surface area (Å²) in [5.41, 5.74) is 2.32. The fourth-order valence-corrected chi connectivity index (χ4v) is 4.41. The molecule has 6 heteroatoms. The number of morpholine rings is 1. The predicted octanol–water partition coefficient (Wildman–Crippen LogP) is 4.04. The van der Waals surface area contributed by atoms with Crippen LogP contribution in [0.15, 0.2) is 57.9 Å². The lowest BCUT2D eigenvalue weighted by molar-refractivity contribution is -0.119. The number of aryl methyl sites for hydroxylation is 1. The Labute approximate surface area is 173 Å². The van der Waals surface area contributed by atoms with Crippen molar-refractivity contribution in [1.29, 1.82) is 0 Å². The Morgan fingerprint density at radius 1 is 1.22 bits per heavy atom. The van der Waals surface area contributed by atoms with Crippen molar-refractivity contribution in [1.82, 2.24) is 10.2 Å². The van der Waals surface area contributed by atoms with Crippen LogP contribution in [0.5, 0.6) is 0 Å². The maximum Gasteiger partial charge on any atom is 0.230 e. The third-order valence-corrected chi connectivity index (χ3v) is 6.25. The highest BCUT2D eigenvalue weighted by Gasteiger charge is 2.20. The molecule has 0 aromatic heterocycles. The summed E-state index contributed by atoms with van der Waals surface area (Å²) in [5.74, 6) is 0.471. The van der Waals surface area contributed by atoms with Gasteiger partial charge < -0.3 is 10.1 Å². The van der Waals surface area contributed by atoms with Crippen molar-refractivity contribution in [2.75, 3.05) is 38.6 Å². The lowest BCUT2D eigenvalue weighted by atomic mass is 10.1. The Morgan fingerprint density at radius 3 is 2.67 bits per heavy atom. The summed E-state index contributed by atoms with van der Waals surface area (Å²) in [6, 6.07) is 16.3. The SMILES string of the molecule is Cc1cc(Br)ccc1SCC(=O)NC(CN1CCOCC1)c1ccccc1. The molecule has 2 aromatic carbocycles. The summed E-state index contributed by atoms with van der Waals surface area (Å²) in [7, 11) is 0. The van der Waals surface area contributed by atoms with Crippen LogP contribution in [0.1, 0.15) is 17.2 Å². The highest BCUT2D eigenvalue weighted by molar-refractivity contribution is 9.10. The van der Waals surface area contributed by atoms with Crippen molar-refractivity contribution in [3.05, 3.63) is 64.1 Å². The van der Waals surface area contributed by atoms with Gasteiger partial charge in [0.15, 0.2) is 0 Å². The molecular weight excluding hydrogens is 424 g/mol. The first-order valence-corrected chi connectivity index (χ1v) is 10.9. The van der Waals surface area contributed by atoms with Gasteiger partial charge in [0.2, 0.25) is 5.91 Å². The van der Waals surface area contributed by atoms with Crippen LogP contribution in [0.4, 0.5) is 0 Å². The minimum Gasteiger partial charge on any atom is -0.379 e. The minimum atomic E-state index is -0.0107. The molecule has 4 nitrogen and oxygen atoms in total. The molecule has 3 rings (SSSR count). The van der Waals surface area contributed by atoms with Gasteiger partial charge in [-0.2, -0.15) is 0 Å². The van der Waals surface area contributed by atoms with E-state index in [1.54, 1.807) is 11.8 Å². The highest BCUT2D eigenvalue weighted by Crippen LogP contribution is 2.25. The second kappa shape index (κ2) is 10.3. The first-order valence-electron chi connectivity index (χ1n) is 9.15. The van der Waals surface area contributed by atoms with Gasteiger partial charge in [0, 0.05) is 29.0 Å². The van der Waals surface area contributed by atoms with E-state index < -0.39 is 0 Å². The molecule has 2 aromatic rings. The van der Waals surface area contributed by atoms with Gasteiger partial charge in [-0.15, -0.1) is 11.8 Å². The van der Waals surface area contributed by atoms with Gasteiger partial charge in [-0.3, -0.25) is 9.69 Å². The minimum absolute atomic E-state index is 0.0107. The molecule has 1 fully saturated rings. The van der Waals surface area contributed by atoms with Crippen molar-refractivity contribution in [2.45, 2.75) is 17.9 Å². The summed E-state index contributed by atoms with van der Waals surface area (Å²) in [5, 5.41) is 3.23. The number of thioether (sulfide) groups is 1. The lowest BCUT2D eigenvalue weighted by Gasteiger charge is -2.31. The van der Waals surface area contributed by atoms with Crippen LogP contribution in [0, 0.1) is 6.92 Å². The first kappa shape index (κ1) is 20.4. The Kier molecular flexibility index (Phi) is 7.76. The normalized spacial score (nSPS) is 16.1. The molecular formula is C21H25BrN2O2S. The topological polar surface area (TPSA) is 41.6 Å². The third kappa shape index (κ3) is 6.35. The summed E-state index contributed by atoms with van der Waals surface area (Å²) in [6.07, 6.45) is 0. The summed E-state index contributed by atoms with van der Waals surface area (Å²) in [4.78, 5) is 16.1. The molecule has 0 spiro atoms. The van der Waals surface area contributed by atoms with E-state index in [2.05, 4.69) is 57.3 Å². The Hall–Kier alpha value is -1.34. The summed E-state index contributed by atoms with van der Waals surface area (Å²) >= 11 is 5.06.